The van der Waals surface area contributed by atoms with E-state index < -0.39 is 0 Å². The molecule has 1 atom stereocenters. The molecule has 2 aromatic carbocycles. The van der Waals surface area contributed by atoms with Crippen LogP contribution in [0.1, 0.15) is 39.5 Å². The van der Waals surface area contributed by atoms with Gasteiger partial charge in [0.05, 0.1) is 25.2 Å². The summed E-state index contributed by atoms with van der Waals surface area (Å²) < 4.78 is 10.9. The van der Waals surface area contributed by atoms with Crippen LogP contribution in [0, 0.1) is 0 Å². The van der Waals surface area contributed by atoms with Crippen LogP contribution in [0.5, 0.6) is 5.75 Å². The molecule has 7 heteroatoms. The van der Waals surface area contributed by atoms with E-state index in [1.165, 1.54) is 0 Å². The third kappa shape index (κ3) is 5.11. The van der Waals surface area contributed by atoms with Crippen LogP contribution in [0.4, 0.5) is 0 Å². The van der Waals surface area contributed by atoms with Crippen LogP contribution in [-0.4, -0.2) is 29.1 Å². The lowest BCUT2D eigenvalue weighted by molar-refractivity contribution is -0.128. The molecule has 0 spiro atoms. The zero-order valence-corrected chi connectivity index (χ0v) is 18.1. The quantitative estimate of drug-likeness (QED) is 0.567. The minimum absolute atomic E-state index is 0.0857. The highest BCUT2D eigenvalue weighted by molar-refractivity contribution is 8.00. The highest BCUT2D eigenvalue weighted by Crippen LogP contribution is 2.39. The fourth-order valence-corrected chi connectivity index (χ4v) is 4.65. The van der Waals surface area contributed by atoms with Crippen molar-refractivity contribution in [3.8, 4) is 5.75 Å². The van der Waals surface area contributed by atoms with E-state index in [1.54, 1.807) is 30.2 Å². The number of nitrogens with one attached hydrogen (secondary N) is 1. The Balaban J connectivity index is 1.38. The van der Waals surface area contributed by atoms with Crippen LogP contribution in [0.2, 0.25) is 0 Å². The number of thioether (sulfide) groups is 1. The van der Waals surface area contributed by atoms with Gasteiger partial charge in [-0.15, -0.1) is 11.8 Å². The summed E-state index contributed by atoms with van der Waals surface area (Å²) in [6.45, 7) is 3.40. The molecular formula is C24H24N2O4S. The summed E-state index contributed by atoms with van der Waals surface area (Å²) in [6.07, 6.45) is 1.61. The molecule has 4 rings (SSSR count). The van der Waals surface area contributed by atoms with Gasteiger partial charge in [0.15, 0.2) is 0 Å². The summed E-state index contributed by atoms with van der Waals surface area (Å²) >= 11 is 1.58. The largest absolute Gasteiger partial charge is 0.494 e. The predicted octanol–water partition coefficient (Wildman–Crippen LogP) is 4.38. The molecule has 0 radical (unpaired) electrons. The van der Waals surface area contributed by atoms with Crippen LogP contribution >= 0.6 is 11.8 Å². The van der Waals surface area contributed by atoms with Crippen molar-refractivity contribution >= 4 is 23.6 Å². The number of rotatable bonds is 8. The monoisotopic (exact) mass is 436 g/mol. The van der Waals surface area contributed by atoms with E-state index in [-0.39, 0.29) is 17.2 Å². The van der Waals surface area contributed by atoms with Crippen molar-refractivity contribution in [1.29, 1.82) is 0 Å². The summed E-state index contributed by atoms with van der Waals surface area (Å²) in [6, 6.07) is 18.8. The highest BCUT2D eigenvalue weighted by atomic mass is 32.2. The molecule has 0 unspecified atom stereocenters. The maximum Gasteiger partial charge on any atom is 0.251 e. The maximum absolute atomic E-state index is 12.6. The Morgan fingerprint density at radius 2 is 2.03 bits per heavy atom. The van der Waals surface area contributed by atoms with Gasteiger partial charge < -0.3 is 19.4 Å². The first-order chi connectivity index (χ1) is 15.1. The van der Waals surface area contributed by atoms with Gasteiger partial charge in [0.1, 0.15) is 16.9 Å². The molecule has 1 aliphatic rings. The second kappa shape index (κ2) is 9.75. The van der Waals surface area contributed by atoms with Gasteiger partial charge in [-0.25, -0.2) is 0 Å². The van der Waals surface area contributed by atoms with E-state index in [9.17, 15) is 9.59 Å². The normalized spacial score (nSPS) is 15.8. The number of hydrogen-bond donors (Lipinski definition) is 1. The SMILES string of the molecule is CCOc1cccc(CNC(=O)c2ccc([C@H]3SCC(=O)N3Cc3ccco3)cc2)c1. The molecule has 1 aliphatic heterocycles. The van der Waals surface area contributed by atoms with E-state index in [2.05, 4.69) is 5.32 Å². The van der Waals surface area contributed by atoms with E-state index in [4.69, 9.17) is 9.15 Å². The van der Waals surface area contributed by atoms with Gasteiger partial charge >= 0.3 is 0 Å². The molecule has 2 heterocycles. The molecule has 0 bridgehead atoms. The first-order valence-electron chi connectivity index (χ1n) is 10.2. The summed E-state index contributed by atoms with van der Waals surface area (Å²) in [5.74, 6) is 1.93. The van der Waals surface area contributed by atoms with Crippen molar-refractivity contribution in [2.75, 3.05) is 12.4 Å². The Labute approximate surface area is 185 Å². The molecular weight excluding hydrogens is 412 g/mol. The molecule has 3 aromatic rings. The van der Waals surface area contributed by atoms with Gasteiger partial charge in [0.25, 0.3) is 5.91 Å². The van der Waals surface area contributed by atoms with Crippen LogP contribution in [0.3, 0.4) is 0 Å². The smallest absolute Gasteiger partial charge is 0.251 e. The molecule has 31 heavy (non-hydrogen) atoms. The molecule has 1 aromatic heterocycles. The van der Waals surface area contributed by atoms with E-state index in [0.29, 0.717) is 31.0 Å². The summed E-state index contributed by atoms with van der Waals surface area (Å²) in [5.41, 5.74) is 2.55. The molecule has 1 saturated heterocycles. The van der Waals surface area contributed by atoms with Crippen LogP contribution in [0.15, 0.2) is 71.3 Å². The molecule has 0 aliphatic carbocycles. The lowest BCUT2D eigenvalue weighted by Crippen LogP contribution is -2.27. The molecule has 0 saturated carbocycles. The first kappa shape index (κ1) is 21.1. The van der Waals surface area contributed by atoms with Gasteiger partial charge in [-0.1, -0.05) is 24.3 Å². The fraction of sp³-hybridized carbons (Fsp3) is 0.250. The standard InChI is InChI=1S/C24H24N2O4S/c1-2-29-20-6-3-5-17(13-20)14-25-23(28)18-8-10-19(11-9-18)24-26(22(27)16-31-24)15-21-7-4-12-30-21/h3-13,24H,2,14-16H2,1H3,(H,25,28)/t24-/m1/s1. The number of benzene rings is 2. The topological polar surface area (TPSA) is 71.8 Å². The predicted molar refractivity (Wildman–Crippen MR) is 120 cm³/mol. The summed E-state index contributed by atoms with van der Waals surface area (Å²) in [5, 5.41) is 2.86. The van der Waals surface area contributed by atoms with E-state index in [0.717, 1.165) is 22.6 Å². The number of hydrogen-bond acceptors (Lipinski definition) is 5. The lowest BCUT2D eigenvalue weighted by Gasteiger charge is -2.23. The number of ether oxygens (including phenoxy) is 1. The average molecular weight is 437 g/mol. The Kier molecular flexibility index (Phi) is 6.62. The van der Waals surface area contributed by atoms with Gasteiger partial charge in [-0.2, -0.15) is 0 Å². The van der Waals surface area contributed by atoms with Gasteiger partial charge in [-0.3, -0.25) is 9.59 Å². The highest BCUT2D eigenvalue weighted by Gasteiger charge is 2.33. The molecule has 1 fully saturated rings. The lowest BCUT2D eigenvalue weighted by atomic mass is 10.1. The Bertz CT molecular complexity index is 1030. The average Bonchev–Trinajstić information content (AvgIpc) is 3.43. The van der Waals surface area contributed by atoms with E-state index >= 15 is 0 Å². The van der Waals surface area contributed by atoms with Crippen LogP contribution in [0.25, 0.3) is 0 Å². The van der Waals surface area contributed by atoms with Crippen molar-refractivity contribution in [3.05, 3.63) is 89.4 Å². The summed E-state index contributed by atoms with van der Waals surface area (Å²) in [7, 11) is 0. The third-order valence-corrected chi connectivity index (χ3v) is 6.25. The third-order valence-electron chi connectivity index (χ3n) is 4.99. The second-order valence-electron chi connectivity index (χ2n) is 7.15. The van der Waals surface area contributed by atoms with Crippen molar-refractivity contribution < 1.29 is 18.7 Å². The van der Waals surface area contributed by atoms with Gasteiger partial charge in [-0.05, 0) is 54.4 Å². The van der Waals surface area contributed by atoms with Crippen molar-refractivity contribution in [2.24, 2.45) is 0 Å². The zero-order chi connectivity index (χ0) is 21.6. The molecule has 160 valence electrons. The first-order valence-corrected chi connectivity index (χ1v) is 11.2. The fourth-order valence-electron chi connectivity index (χ4n) is 3.47. The van der Waals surface area contributed by atoms with E-state index in [1.807, 2.05) is 60.4 Å². The van der Waals surface area contributed by atoms with Crippen molar-refractivity contribution in [2.45, 2.75) is 25.4 Å². The zero-order valence-electron chi connectivity index (χ0n) is 17.2. The molecule has 6 nitrogen and oxygen atoms in total. The maximum atomic E-state index is 12.6. The minimum atomic E-state index is -0.143. The molecule has 2 amide bonds. The Morgan fingerprint density at radius 3 is 2.77 bits per heavy atom. The molecule has 1 N–H and O–H groups in total. The van der Waals surface area contributed by atoms with Crippen LogP contribution in [-0.2, 0) is 17.9 Å². The number of carbonyl (C=O) groups is 2. The Hall–Kier alpha value is -3.19. The van der Waals surface area contributed by atoms with Crippen molar-refractivity contribution in [3.63, 3.8) is 0 Å². The summed E-state index contributed by atoms with van der Waals surface area (Å²) in [4.78, 5) is 26.7. The van der Waals surface area contributed by atoms with Crippen molar-refractivity contribution in [1.82, 2.24) is 10.2 Å². The number of amides is 2. The number of carbonyl (C=O) groups excluding carboxylic acids is 2. The minimum Gasteiger partial charge on any atom is -0.494 e. The second-order valence-corrected chi connectivity index (χ2v) is 8.22. The number of nitrogens with zero attached hydrogens (tertiary/aromatic N) is 1. The van der Waals surface area contributed by atoms with Crippen LogP contribution < -0.4 is 10.1 Å². The Morgan fingerprint density at radius 1 is 1.19 bits per heavy atom. The number of furan rings is 1. The van der Waals surface area contributed by atoms with Gasteiger partial charge in [0, 0.05) is 12.1 Å². The van der Waals surface area contributed by atoms with Gasteiger partial charge in [0.2, 0.25) is 5.91 Å².